The maximum Gasteiger partial charge on any atom is 0.243 e. The molecular weight excluding hydrogens is 400 g/mol. The molecule has 2 N–H and O–H groups in total. The zero-order valence-corrected chi connectivity index (χ0v) is 17.4. The summed E-state index contributed by atoms with van der Waals surface area (Å²) in [5, 5.41) is 24.2. The number of methoxy groups -OCH3 is 1. The maximum atomic E-state index is 12.5. The number of halogens is 1. The Labute approximate surface area is 172 Å². The third-order valence-electron chi connectivity index (χ3n) is 4.42. The number of hydrogen-bond donors (Lipinski definition) is 2. The zero-order chi connectivity index (χ0) is 21.1. The van der Waals surface area contributed by atoms with E-state index < -0.39 is 22.5 Å². The number of anilines is 1. The van der Waals surface area contributed by atoms with Gasteiger partial charge in [0.2, 0.25) is 11.8 Å². The van der Waals surface area contributed by atoms with Gasteiger partial charge < -0.3 is 15.4 Å². The second-order valence-electron chi connectivity index (χ2n) is 6.69. The Morgan fingerprint density at radius 3 is 2.64 bits per heavy atom. The smallest absolute Gasteiger partial charge is 0.243 e. The van der Waals surface area contributed by atoms with Gasteiger partial charge in [0.05, 0.1) is 40.1 Å². The highest BCUT2D eigenvalue weighted by Crippen LogP contribution is 2.42. The van der Waals surface area contributed by atoms with Gasteiger partial charge in [0.15, 0.2) is 0 Å². The summed E-state index contributed by atoms with van der Waals surface area (Å²) < 4.78 is 5.08. The quantitative estimate of drug-likeness (QED) is 0.756. The fraction of sp³-hybridized carbons (Fsp3) is 0.368. The van der Waals surface area contributed by atoms with Crippen LogP contribution in [-0.2, 0) is 9.59 Å². The molecule has 0 saturated carbocycles. The molecule has 0 unspecified atom stereocenters. The van der Waals surface area contributed by atoms with Crippen LogP contribution in [0.3, 0.4) is 0 Å². The summed E-state index contributed by atoms with van der Waals surface area (Å²) in [6, 6.07) is 8.88. The van der Waals surface area contributed by atoms with Gasteiger partial charge in [-0.3, -0.25) is 9.59 Å². The molecule has 0 aromatic heterocycles. The first-order valence-electron chi connectivity index (χ1n) is 8.32. The van der Waals surface area contributed by atoms with E-state index in [1.165, 1.54) is 7.11 Å². The number of carbonyl (C=O) groups is 2. The third kappa shape index (κ3) is 4.24. The molecule has 1 heterocycles. The first-order chi connectivity index (χ1) is 13.1. The Hall–Kier alpha value is -2.68. The second kappa shape index (κ2) is 8.55. The van der Waals surface area contributed by atoms with Crippen LogP contribution in [0.25, 0.3) is 0 Å². The van der Waals surface area contributed by atoms with Crippen LogP contribution in [0.2, 0.25) is 5.02 Å². The minimum absolute atomic E-state index is 0.274. The normalized spacial score (nSPS) is 19.1. The number of nitrogens with zero attached hydrogens (tertiary/aromatic N) is 2. The Balaban J connectivity index is 2.20. The van der Waals surface area contributed by atoms with E-state index in [4.69, 9.17) is 16.3 Å². The lowest BCUT2D eigenvalue weighted by Crippen LogP contribution is -2.45. The monoisotopic (exact) mass is 418 g/mol. The van der Waals surface area contributed by atoms with Crippen molar-refractivity contribution in [1.29, 1.82) is 10.5 Å². The van der Waals surface area contributed by atoms with Crippen LogP contribution < -0.4 is 15.4 Å². The van der Waals surface area contributed by atoms with E-state index >= 15 is 0 Å². The minimum atomic E-state index is -0.975. The Bertz CT molecular complexity index is 930. The first-order valence-corrected chi connectivity index (χ1v) is 9.57. The van der Waals surface area contributed by atoms with Crippen molar-refractivity contribution in [3.8, 4) is 17.9 Å². The number of hydrogen-bond acceptors (Lipinski definition) is 6. The van der Waals surface area contributed by atoms with Gasteiger partial charge in [0.25, 0.3) is 0 Å². The van der Waals surface area contributed by atoms with E-state index in [9.17, 15) is 20.1 Å². The molecular formula is C19H19ClN4O3S. The topological polar surface area (TPSA) is 115 Å². The van der Waals surface area contributed by atoms with E-state index in [-0.39, 0.29) is 11.5 Å². The number of amides is 2. The highest BCUT2D eigenvalue weighted by atomic mass is 35.5. The summed E-state index contributed by atoms with van der Waals surface area (Å²) in [4.78, 5) is 24.8. The number of nitriles is 2. The van der Waals surface area contributed by atoms with Crippen molar-refractivity contribution in [3.63, 3.8) is 0 Å². The molecule has 146 valence electrons. The van der Waals surface area contributed by atoms with Gasteiger partial charge in [-0.1, -0.05) is 37.2 Å². The number of ether oxygens (including phenoxy) is 1. The molecule has 2 amide bonds. The summed E-state index contributed by atoms with van der Waals surface area (Å²) in [5.74, 6) is -1.30. The SMILES string of the molecule is COc1ccc(NC(=O)[C@H](C)SC2=C(C#N)C(C)(C)[C@H](C#N)C(=O)N2)cc1Cl. The van der Waals surface area contributed by atoms with Gasteiger partial charge in [-0.05, 0) is 25.1 Å². The number of rotatable bonds is 5. The van der Waals surface area contributed by atoms with Crippen LogP contribution in [0.1, 0.15) is 20.8 Å². The summed E-state index contributed by atoms with van der Waals surface area (Å²) in [6.45, 7) is 4.99. The molecule has 1 aromatic carbocycles. The van der Waals surface area contributed by atoms with Crippen LogP contribution in [0.4, 0.5) is 5.69 Å². The fourth-order valence-electron chi connectivity index (χ4n) is 2.73. The average molecular weight is 419 g/mol. The summed E-state index contributed by atoms with van der Waals surface area (Å²) in [7, 11) is 1.50. The van der Waals surface area contributed by atoms with E-state index in [2.05, 4.69) is 16.7 Å². The predicted octanol–water partition coefficient (Wildman–Crippen LogP) is 3.44. The van der Waals surface area contributed by atoms with Crippen molar-refractivity contribution in [2.24, 2.45) is 11.3 Å². The lowest BCUT2D eigenvalue weighted by Gasteiger charge is -2.35. The lowest BCUT2D eigenvalue weighted by molar-refractivity contribution is -0.125. The first kappa shape index (κ1) is 21.6. The highest BCUT2D eigenvalue weighted by Gasteiger charge is 2.45. The van der Waals surface area contributed by atoms with Crippen molar-refractivity contribution in [2.45, 2.75) is 26.0 Å². The van der Waals surface area contributed by atoms with Crippen molar-refractivity contribution in [2.75, 3.05) is 12.4 Å². The molecule has 0 bridgehead atoms. The van der Waals surface area contributed by atoms with Crippen molar-refractivity contribution >= 4 is 40.9 Å². The molecule has 1 aromatic rings. The Kier molecular flexibility index (Phi) is 6.60. The summed E-state index contributed by atoms with van der Waals surface area (Å²) >= 11 is 7.12. The third-order valence-corrected chi connectivity index (χ3v) is 5.82. The maximum absolute atomic E-state index is 12.5. The molecule has 2 rings (SSSR count). The number of benzene rings is 1. The van der Waals surface area contributed by atoms with E-state index in [1.807, 2.05) is 6.07 Å². The number of nitrogens with one attached hydrogen (secondary N) is 2. The van der Waals surface area contributed by atoms with Crippen LogP contribution in [0.5, 0.6) is 5.75 Å². The molecule has 7 nitrogen and oxygen atoms in total. The van der Waals surface area contributed by atoms with Crippen LogP contribution in [0, 0.1) is 34.0 Å². The number of carbonyl (C=O) groups excluding carboxylic acids is 2. The number of thioether (sulfide) groups is 1. The van der Waals surface area contributed by atoms with Crippen molar-refractivity contribution in [3.05, 3.63) is 33.8 Å². The van der Waals surface area contributed by atoms with E-state index in [0.717, 1.165) is 11.8 Å². The van der Waals surface area contributed by atoms with Crippen LogP contribution in [-0.4, -0.2) is 24.2 Å². The van der Waals surface area contributed by atoms with Gasteiger partial charge in [0.1, 0.15) is 11.7 Å². The average Bonchev–Trinajstić information content (AvgIpc) is 2.61. The largest absolute Gasteiger partial charge is 0.495 e. The fourth-order valence-corrected chi connectivity index (χ4v) is 4.10. The van der Waals surface area contributed by atoms with E-state index in [0.29, 0.717) is 21.5 Å². The summed E-state index contributed by atoms with van der Waals surface area (Å²) in [6.07, 6.45) is 0. The Morgan fingerprint density at radius 2 is 2.11 bits per heavy atom. The van der Waals surface area contributed by atoms with Gasteiger partial charge in [-0.25, -0.2) is 0 Å². The van der Waals surface area contributed by atoms with Gasteiger partial charge in [0, 0.05) is 11.1 Å². The molecule has 2 atom stereocenters. The van der Waals surface area contributed by atoms with E-state index in [1.54, 1.807) is 39.0 Å². The Morgan fingerprint density at radius 1 is 1.43 bits per heavy atom. The van der Waals surface area contributed by atoms with Crippen molar-refractivity contribution < 1.29 is 14.3 Å². The molecule has 0 saturated heterocycles. The zero-order valence-electron chi connectivity index (χ0n) is 15.8. The summed E-state index contributed by atoms with van der Waals surface area (Å²) in [5.41, 5.74) is -0.181. The van der Waals surface area contributed by atoms with Crippen molar-refractivity contribution in [1.82, 2.24) is 5.32 Å². The molecule has 0 radical (unpaired) electrons. The standard InChI is InChI=1S/C19H19ClN4O3S/c1-10(16(25)23-11-5-6-15(27-4)14(20)7-11)28-18-13(9-22)19(2,3)12(8-21)17(26)24-18/h5-7,10,12H,1-4H3,(H,23,25)(H,24,26)/t10-,12+/m0/s1. The predicted molar refractivity (Wildman–Crippen MR) is 107 cm³/mol. The number of allylic oxidation sites excluding steroid dienone is 1. The van der Waals surface area contributed by atoms with Crippen LogP contribution >= 0.6 is 23.4 Å². The second-order valence-corrected chi connectivity index (χ2v) is 8.45. The molecule has 1 aliphatic rings. The molecule has 1 aliphatic heterocycles. The molecule has 28 heavy (non-hydrogen) atoms. The molecule has 0 fully saturated rings. The molecule has 0 spiro atoms. The minimum Gasteiger partial charge on any atom is -0.495 e. The molecule has 0 aliphatic carbocycles. The van der Waals surface area contributed by atoms with Gasteiger partial charge in [-0.2, -0.15) is 10.5 Å². The van der Waals surface area contributed by atoms with Gasteiger partial charge >= 0.3 is 0 Å². The molecule has 9 heteroatoms. The van der Waals surface area contributed by atoms with Crippen LogP contribution in [0.15, 0.2) is 28.8 Å². The van der Waals surface area contributed by atoms with Gasteiger partial charge in [-0.15, -0.1) is 0 Å². The highest BCUT2D eigenvalue weighted by molar-refractivity contribution is 8.04. The lowest BCUT2D eigenvalue weighted by atomic mass is 9.72.